The Morgan fingerprint density at radius 2 is 2.00 bits per heavy atom. The first-order valence-electron chi connectivity index (χ1n) is 7.73. The van der Waals surface area contributed by atoms with Crippen molar-refractivity contribution in [2.45, 2.75) is 51.7 Å². The van der Waals surface area contributed by atoms with Crippen LogP contribution in [0.25, 0.3) is 0 Å². The molecule has 1 aromatic carbocycles. The minimum Gasteiger partial charge on any atom is -0.320 e. The Kier molecular flexibility index (Phi) is 4.88. The van der Waals surface area contributed by atoms with Crippen molar-refractivity contribution in [2.24, 2.45) is 0 Å². The van der Waals surface area contributed by atoms with Gasteiger partial charge in [-0.1, -0.05) is 50.9 Å². The van der Waals surface area contributed by atoms with Crippen molar-refractivity contribution in [3.8, 4) is 0 Å². The summed E-state index contributed by atoms with van der Waals surface area (Å²) in [6, 6.07) is 7.79. The minimum atomic E-state index is -1.54. The van der Waals surface area contributed by atoms with Gasteiger partial charge in [-0.3, -0.25) is 4.79 Å². The van der Waals surface area contributed by atoms with Crippen LogP contribution in [0.15, 0.2) is 18.2 Å². The highest BCUT2D eigenvalue weighted by molar-refractivity contribution is 7.97. The van der Waals surface area contributed by atoms with E-state index >= 15 is 0 Å². The van der Waals surface area contributed by atoms with Crippen molar-refractivity contribution in [2.75, 3.05) is 6.54 Å². The van der Waals surface area contributed by atoms with Gasteiger partial charge in [0.2, 0.25) is 5.12 Å². The maximum absolute atomic E-state index is 11.8. The Morgan fingerprint density at radius 1 is 1.33 bits per heavy atom. The summed E-state index contributed by atoms with van der Waals surface area (Å²) in [7, 11) is -2.73. The van der Waals surface area contributed by atoms with Crippen molar-refractivity contribution in [3.63, 3.8) is 0 Å². The molecule has 0 aromatic heterocycles. The van der Waals surface area contributed by atoms with Crippen LogP contribution in [-0.4, -0.2) is 32.5 Å². The molecule has 1 fully saturated rings. The highest BCUT2D eigenvalue weighted by atomic mass is 32.1. The molecule has 2 rings (SSSR count). The van der Waals surface area contributed by atoms with Gasteiger partial charge < -0.3 is 4.57 Å². The molecule has 116 valence electrons. The van der Waals surface area contributed by atoms with E-state index in [4.69, 9.17) is 0 Å². The molecule has 0 radical (unpaired) electrons. The number of hydrogen-bond donors (Lipinski definition) is 1. The van der Waals surface area contributed by atoms with Crippen LogP contribution in [-0.2, 0) is 6.54 Å². The van der Waals surface area contributed by atoms with Gasteiger partial charge in [-0.2, -0.15) is 0 Å². The van der Waals surface area contributed by atoms with E-state index in [0.717, 1.165) is 12.1 Å². The molecule has 21 heavy (non-hydrogen) atoms. The second-order valence-corrected chi connectivity index (χ2v) is 18.0. The van der Waals surface area contributed by atoms with Crippen molar-refractivity contribution < 1.29 is 4.79 Å². The molecule has 1 heterocycles. The lowest BCUT2D eigenvalue weighted by Crippen LogP contribution is -2.44. The maximum atomic E-state index is 11.8. The summed E-state index contributed by atoms with van der Waals surface area (Å²) in [5, 5.41) is 1.15. The van der Waals surface area contributed by atoms with Gasteiger partial charge >= 0.3 is 0 Å². The van der Waals surface area contributed by atoms with E-state index in [9.17, 15) is 4.79 Å². The quantitative estimate of drug-likeness (QED) is 0.667. The fourth-order valence-corrected chi connectivity index (χ4v) is 7.81. The summed E-state index contributed by atoms with van der Waals surface area (Å²) >= 11 is 4.05. The zero-order valence-corrected chi connectivity index (χ0v) is 16.8. The van der Waals surface area contributed by atoms with Crippen LogP contribution in [0.5, 0.6) is 0 Å². The van der Waals surface area contributed by atoms with E-state index in [1.807, 2.05) is 6.07 Å². The van der Waals surface area contributed by atoms with Gasteiger partial charge in [0.25, 0.3) is 0 Å². The summed E-state index contributed by atoms with van der Waals surface area (Å²) < 4.78 is 2.69. The Morgan fingerprint density at radius 3 is 2.48 bits per heavy atom. The normalized spacial score (nSPS) is 19.0. The van der Waals surface area contributed by atoms with Crippen LogP contribution in [0, 0.1) is 0 Å². The van der Waals surface area contributed by atoms with Gasteiger partial charge in [0.05, 0.1) is 8.07 Å². The van der Waals surface area contributed by atoms with Crippen LogP contribution < -0.4 is 5.19 Å². The predicted octanol–water partition coefficient (Wildman–Crippen LogP) is 3.71. The smallest absolute Gasteiger partial charge is 0.216 e. The van der Waals surface area contributed by atoms with E-state index in [2.05, 4.69) is 62.1 Å². The van der Waals surface area contributed by atoms with Crippen LogP contribution in [0.2, 0.25) is 38.8 Å². The molecule has 0 saturated carbocycles. The SMILES string of the molecule is C[Si](C)(C)c1cc(CN2CCC[Si]2(C)C)ccc1C(=O)S. The summed E-state index contributed by atoms with van der Waals surface area (Å²) in [6.07, 6.45) is 1.34. The summed E-state index contributed by atoms with van der Waals surface area (Å²) in [4.78, 5) is 11.8. The van der Waals surface area contributed by atoms with Gasteiger partial charge in [0.15, 0.2) is 0 Å². The summed E-state index contributed by atoms with van der Waals surface area (Å²) in [5.41, 5.74) is 2.16. The average Bonchev–Trinajstić information content (AvgIpc) is 2.67. The van der Waals surface area contributed by atoms with Gasteiger partial charge in [0, 0.05) is 12.1 Å². The fraction of sp³-hybridized carbons (Fsp3) is 0.562. The van der Waals surface area contributed by atoms with Crippen LogP contribution in [0.1, 0.15) is 22.3 Å². The first-order valence-corrected chi connectivity index (χ1v) is 14.8. The van der Waals surface area contributed by atoms with E-state index < -0.39 is 16.3 Å². The molecule has 0 aliphatic carbocycles. The van der Waals surface area contributed by atoms with Crippen molar-refractivity contribution in [3.05, 3.63) is 29.3 Å². The predicted molar refractivity (Wildman–Crippen MR) is 100 cm³/mol. The molecule has 1 aliphatic rings. The van der Waals surface area contributed by atoms with E-state index in [0.29, 0.717) is 0 Å². The molecule has 0 unspecified atom stereocenters. The summed E-state index contributed by atoms with van der Waals surface area (Å²) in [6.45, 7) is 14.1. The molecule has 1 saturated heterocycles. The van der Waals surface area contributed by atoms with Crippen molar-refractivity contribution >= 4 is 39.2 Å². The molecule has 1 aliphatic heterocycles. The number of carbonyl (C=O) groups excluding carboxylic acids is 1. The zero-order chi connectivity index (χ0) is 15.8. The molecule has 2 nitrogen and oxygen atoms in total. The Bertz CT molecular complexity index is 552. The Labute approximate surface area is 136 Å². The Hall–Kier alpha value is -0.366. The van der Waals surface area contributed by atoms with Crippen molar-refractivity contribution in [1.82, 2.24) is 4.57 Å². The maximum Gasteiger partial charge on any atom is 0.216 e. The Balaban J connectivity index is 2.32. The first kappa shape index (κ1) is 17.0. The van der Waals surface area contributed by atoms with Crippen LogP contribution in [0.4, 0.5) is 0 Å². The van der Waals surface area contributed by atoms with Gasteiger partial charge in [-0.05, 0) is 29.8 Å². The molecule has 0 spiro atoms. The van der Waals surface area contributed by atoms with Crippen LogP contribution >= 0.6 is 12.6 Å². The molecule has 0 atom stereocenters. The minimum absolute atomic E-state index is 0.102. The molecular formula is C16H27NOSSi2. The second kappa shape index (κ2) is 6.03. The third-order valence-electron chi connectivity index (χ3n) is 4.57. The van der Waals surface area contributed by atoms with Crippen molar-refractivity contribution in [1.29, 1.82) is 0 Å². The lowest BCUT2D eigenvalue weighted by molar-refractivity contribution is 0.109. The molecular weight excluding hydrogens is 310 g/mol. The number of thiol groups is 1. The lowest BCUT2D eigenvalue weighted by atomic mass is 10.1. The lowest BCUT2D eigenvalue weighted by Gasteiger charge is -2.30. The largest absolute Gasteiger partial charge is 0.320 e. The van der Waals surface area contributed by atoms with Crippen LogP contribution in [0.3, 0.4) is 0 Å². The zero-order valence-electron chi connectivity index (χ0n) is 13.9. The highest BCUT2D eigenvalue weighted by Gasteiger charge is 2.34. The summed E-state index contributed by atoms with van der Waals surface area (Å²) in [5.74, 6) is 0. The van der Waals surface area contributed by atoms with E-state index in [1.165, 1.54) is 29.8 Å². The van der Waals surface area contributed by atoms with E-state index in [1.54, 1.807) is 0 Å². The monoisotopic (exact) mass is 337 g/mol. The number of carbonyl (C=O) groups is 1. The topological polar surface area (TPSA) is 20.3 Å². The first-order chi connectivity index (χ1) is 9.61. The molecule has 0 amide bonds. The van der Waals surface area contributed by atoms with Gasteiger partial charge in [0.1, 0.15) is 8.24 Å². The number of rotatable bonds is 4. The average molecular weight is 338 g/mol. The molecule has 1 aromatic rings. The number of nitrogens with zero attached hydrogens (tertiary/aromatic N) is 1. The van der Waals surface area contributed by atoms with Gasteiger partial charge in [-0.25, -0.2) is 0 Å². The third-order valence-corrected chi connectivity index (χ3v) is 10.5. The van der Waals surface area contributed by atoms with E-state index in [-0.39, 0.29) is 5.12 Å². The third kappa shape index (κ3) is 3.89. The number of hydrogen-bond acceptors (Lipinski definition) is 2. The number of benzene rings is 1. The molecule has 0 N–H and O–H groups in total. The standard InChI is InChI=1S/C16H27NOSSi2/c1-20(2,3)15-11-13(7-8-14(15)16(18)19)12-17-9-6-10-21(17,4)5/h7-8,11H,6,9-10,12H2,1-5H3,(H,18,19). The second-order valence-electron chi connectivity index (χ2n) is 7.77. The highest BCUT2D eigenvalue weighted by Crippen LogP contribution is 2.27. The molecule has 5 heteroatoms. The van der Waals surface area contributed by atoms with Gasteiger partial charge in [-0.15, -0.1) is 12.6 Å². The fourth-order valence-electron chi connectivity index (χ4n) is 3.17. The molecule has 0 bridgehead atoms.